The van der Waals surface area contributed by atoms with E-state index < -0.39 is 5.41 Å². The number of imidazole rings is 1. The first-order chi connectivity index (χ1) is 35.0. The molecule has 0 radical (unpaired) electrons. The summed E-state index contributed by atoms with van der Waals surface area (Å²) in [6, 6.07) is 14.0. The molecule has 1 unspecified atom stereocenters. The largest absolute Gasteiger partial charge is 0.367 e. The van der Waals surface area contributed by atoms with Crippen LogP contribution in [0.3, 0.4) is 0 Å². The van der Waals surface area contributed by atoms with E-state index in [0.29, 0.717) is 76.8 Å². The zero-order valence-corrected chi connectivity index (χ0v) is 42.1. The van der Waals surface area contributed by atoms with Crippen molar-refractivity contribution in [3.05, 3.63) is 60.0 Å². The Morgan fingerprint density at radius 3 is 2.08 bits per heavy atom. The third-order valence-corrected chi connectivity index (χ3v) is 18.0. The van der Waals surface area contributed by atoms with Gasteiger partial charge in [-0.25, -0.2) is 15.0 Å². The Morgan fingerprint density at radius 2 is 1.43 bits per heavy atom. The summed E-state index contributed by atoms with van der Waals surface area (Å²) in [5, 5.41) is 9.64. The quantitative estimate of drug-likeness (QED) is 0.129. The smallest absolute Gasteiger partial charge is 0.238 e. The van der Waals surface area contributed by atoms with E-state index in [9.17, 15) is 19.2 Å². The lowest BCUT2D eigenvalue weighted by Gasteiger charge is -2.48. The first-order valence-electron chi connectivity index (χ1n) is 27.5. The number of carbonyl (C=O) groups is 5. The maximum absolute atomic E-state index is 15.2. The number of nitrogens with zero attached hydrogens (tertiary/aromatic N) is 8. The normalized spacial score (nSPS) is 27.0. The van der Waals surface area contributed by atoms with Gasteiger partial charge < -0.3 is 34.8 Å². The Hall–Kier alpha value is -5.90. The molecule has 380 valence electrons. The van der Waals surface area contributed by atoms with Crippen molar-refractivity contribution >= 4 is 57.9 Å². The molecule has 12 rings (SSSR count). The van der Waals surface area contributed by atoms with Crippen molar-refractivity contribution in [2.75, 3.05) is 54.8 Å². The number of likely N-dealkylation sites (tertiary alicyclic amines) is 3. The van der Waals surface area contributed by atoms with E-state index in [2.05, 4.69) is 73.4 Å². The highest BCUT2D eigenvalue weighted by molar-refractivity contribution is 6.09. The highest BCUT2D eigenvalue weighted by atomic mass is 16.2. The third-order valence-electron chi connectivity index (χ3n) is 18.0. The molecule has 1 spiro atoms. The molecule has 5 amide bonds. The van der Waals surface area contributed by atoms with Crippen LogP contribution in [0.15, 0.2) is 48.9 Å². The number of hydrogen-bond donors (Lipinski definition) is 3. The van der Waals surface area contributed by atoms with E-state index in [1.54, 1.807) is 6.20 Å². The number of benzene rings is 1. The van der Waals surface area contributed by atoms with Gasteiger partial charge in [-0.05, 0) is 153 Å². The minimum Gasteiger partial charge on any atom is -0.367 e. The summed E-state index contributed by atoms with van der Waals surface area (Å²) >= 11 is 0. The molecule has 3 saturated carbocycles. The van der Waals surface area contributed by atoms with Crippen LogP contribution >= 0.6 is 0 Å². The fourth-order valence-corrected chi connectivity index (χ4v) is 13.4. The predicted octanol–water partition coefficient (Wildman–Crippen LogP) is 7.30. The van der Waals surface area contributed by atoms with Gasteiger partial charge in [0.05, 0.1) is 28.9 Å². The fourth-order valence-electron chi connectivity index (χ4n) is 13.4. The van der Waals surface area contributed by atoms with Gasteiger partial charge in [-0.2, -0.15) is 0 Å². The lowest BCUT2D eigenvalue weighted by molar-refractivity contribution is -0.143. The minimum absolute atomic E-state index is 0.0651. The SMILES string of the molecule is CC(C)n1cnc2cc(-c3ccc4c(c3)N(C3CC(N5CCCCC5)C3)C(=O)C43CCN(C(=O)C4CCC(C(=O)N5CCC(Nc6ccc(C7CCC(=O)NC7=O)cn6)CC5)CC4)CC3)nc(NC3CC3)c21. The van der Waals surface area contributed by atoms with Gasteiger partial charge in [0.1, 0.15) is 11.3 Å². The first-order valence-corrected chi connectivity index (χ1v) is 27.5. The summed E-state index contributed by atoms with van der Waals surface area (Å²) in [5.74, 6) is 1.18. The van der Waals surface area contributed by atoms with Crippen molar-refractivity contribution in [3.8, 4) is 11.3 Å². The molecule has 1 atom stereocenters. The van der Waals surface area contributed by atoms with Gasteiger partial charge in [0.15, 0.2) is 5.82 Å². The highest BCUT2D eigenvalue weighted by Crippen LogP contribution is 2.52. The van der Waals surface area contributed by atoms with Gasteiger partial charge >= 0.3 is 0 Å². The lowest BCUT2D eigenvalue weighted by Crippen LogP contribution is -2.58. The molecule has 0 bridgehead atoms. The summed E-state index contributed by atoms with van der Waals surface area (Å²) in [7, 11) is 0. The number of amides is 5. The molecule has 16 heteroatoms. The summed E-state index contributed by atoms with van der Waals surface area (Å²) < 4.78 is 2.20. The molecule has 3 N–H and O–H groups in total. The van der Waals surface area contributed by atoms with E-state index in [4.69, 9.17) is 9.97 Å². The number of piperidine rings is 4. The summed E-state index contributed by atoms with van der Waals surface area (Å²) in [5.41, 5.74) is 6.06. The molecular weight excluding hydrogens is 907 g/mol. The van der Waals surface area contributed by atoms with E-state index >= 15 is 4.79 Å². The molecule has 72 heavy (non-hydrogen) atoms. The van der Waals surface area contributed by atoms with Crippen molar-refractivity contribution in [1.82, 2.24) is 39.5 Å². The van der Waals surface area contributed by atoms with Crippen molar-refractivity contribution in [2.45, 2.75) is 165 Å². The van der Waals surface area contributed by atoms with Crippen LogP contribution in [0.1, 0.15) is 146 Å². The maximum Gasteiger partial charge on any atom is 0.238 e. The number of fused-ring (bicyclic) bond motifs is 3. The van der Waals surface area contributed by atoms with Crippen LogP contribution in [0.2, 0.25) is 0 Å². The predicted molar refractivity (Wildman–Crippen MR) is 275 cm³/mol. The van der Waals surface area contributed by atoms with E-state index in [0.717, 1.165) is 115 Å². The standard InChI is InChI=1S/C56H71N11O5/c1-34(2)66-33-58-46-31-45(61-51(50(46)66)60-39-12-13-39)37-10-15-44-47(28-37)67(42-29-41(30-42)63-22-4-3-5-23-63)55(72)56(44)20-26-65(27-21-56)54(71)36-8-6-35(7-9-36)53(70)64-24-18-40(19-25-64)59-48-16-11-38(32-57-48)43-14-17-49(68)62-52(43)69/h10-11,15-16,28,31-36,39-43H,3-9,12-14,17-27,29-30H2,1-2H3,(H,57,59)(H,60,61)(H,62,68,69). The topological polar surface area (TPSA) is 178 Å². The Labute approximate surface area is 422 Å². The molecular formula is C56H71N11O5. The Morgan fingerprint density at radius 1 is 0.736 bits per heavy atom. The fraction of sp³-hybridized carbons (Fsp3) is 0.607. The zero-order valence-electron chi connectivity index (χ0n) is 42.1. The minimum atomic E-state index is -0.668. The molecule has 8 aliphatic rings. The molecule has 16 nitrogen and oxygen atoms in total. The number of hydrogen-bond acceptors (Lipinski definition) is 11. The van der Waals surface area contributed by atoms with Crippen LogP contribution in [0.4, 0.5) is 17.3 Å². The molecule has 5 aliphatic heterocycles. The van der Waals surface area contributed by atoms with Gasteiger partial charge in [-0.1, -0.05) is 24.6 Å². The van der Waals surface area contributed by atoms with E-state index in [-0.39, 0.29) is 65.4 Å². The van der Waals surface area contributed by atoms with Crippen molar-refractivity contribution in [1.29, 1.82) is 0 Å². The Kier molecular flexibility index (Phi) is 12.6. The monoisotopic (exact) mass is 978 g/mol. The maximum atomic E-state index is 15.2. The molecule has 4 saturated heterocycles. The summed E-state index contributed by atoms with van der Waals surface area (Å²) in [4.78, 5) is 90.8. The van der Waals surface area contributed by atoms with Gasteiger partial charge in [-0.3, -0.25) is 29.3 Å². The molecule has 8 heterocycles. The van der Waals surface area contributed by atoms with Crippen molar-refractivity contribution in [2.24, 2.45) is 11.8 Å². The zero-order chi connectivity index (χ0) is 49.3. The van der Waals surface area contributed by atoms with Crippen molar-refractivity contribution < 1.29 is 24.0 Å². The van der Waals surface area contributed by atoms with Gasteiger partial charge in [-0.15, -0.1) is 0 Å². The number of anilines is 3. The Balaban J connectivity index is 0.681. The molecule has 4 aromatic rings. The number of rotatable bonds is 11. The number of aromatic nitrogens is 4. The average molecular weight is 978 g/mol. The average Bonchev–Trinajstić information content (AvgIpc) is 4.05. The Bertz CT molecular complexity index is 2730. The van der Waals surface area contributed by atoms with Crippen LogP contribution in [-0.4, -0.2) is 127 Å². The molecule has 1 aromatic carbocycles. The second-order valence-electron chi connectivity index (χ2n) is 22.9. The molecule has 3 aromatic heterocycles. The lowest BCUT2D eigenvalue weighted by atomic mass is 9.72. The van der Waals surface area contributed by atoms with Crippen LogP contribution < -0.4 is 20.9 Å². The second kappa shape index (κ2) is 19.2. The van der Waals surface area contributed by atoms with Crippen molar-refractivity contribution in [3.63, 3.8) is 0 Å². The van der Waals surface area contributed by atoms with Crippen LogP contribution in [0.25, 0.3) is 22.3 Å². The molecule has 7 fully saturated rings. The number of carbonyl (C=O) groups excluding carboxylic acids is 5. The highest BCUT2D eigenvalue weighted by Gasteiger charge is 2.56. The number of imide groups is 1. The van der Waals surface area contributed by atoms with Crippen LogP contribution in [0, 0.1) is 11.8 Å². The number of pyridine rings is 2. The van der Waals surface area contributed by atoms with E-state index in [1.807, 2.05) is 28.3 Å². The van der Waals surface area contributed by atoms with Gasteiger partial charge in [0, 0.05) is 92.1 Å². The van der Waals surface area contributed by atoms with Gasteiger partial charge in [0.2, 0.25) is 29.5 Å². The summed E-state index contributed by atoms with van der Waals surface area (Å²) in [6.07, 6.45) is 18.3. The number of nitrogens with one attached hydrogen (secondary N) is 3. The first kappa shape index (κ1) is 47.1. The van der Waals surface area contributed by atoms with E-state index in [1.165, 1.54) is 19.3 Å². The molecule has 3 aliphatic carbocycles. The van der Waals surface area contributed by atoms with Gasteiger partial charge in [0.25, 0.3) is 0 Å². The van der Waals surface area contributed by atoms with Crippen LogP contribution in [0.5, 0.6) is 0 Å². The summed E-state index contributed by atoms with van der Waals surface area (Å²) in [6.45, 7) is 9.11. The second-order valence-corrected chi connectivity index (χ2v) is 22.9. The third kappa shape index (κ3) is 8.82. The van der Waals surface area contributed by atoms with Crippen LogP contribution in [-0.2, 0) is 29.4 Å².